The van der Waals surface area contributed by atoms with Gasteiger partial charge in [0.15, 0.2) is 0 Å². The van der Waals surface area contributed by atoms with Gasteiger partial charge >= 0.3 is 0 Å². The van der Waals surface area contributed by atoms with Gasteiger partial charge in [-0.05, 0) is 28.3 Å². The van der Waals surface area contributed by atoms with E-state index in [2.05, 4.69) is 16.2 Å². The average Bonchev–Trinajstić information content (AvgIpc) is 3.07. The summed E-state index contributed by atoms with van der Waals surface area (Å²) in [6.07, 6.45) is 0. The number of fused-ring (bicyclic) bond motifs is 1. The third-order valence-corrected chi connectivity index (χ3v) is 4.35. The van der Waals surface area contributed by atoms with Crippen LogP contribution >= 0.6 is 11.3 Å². The molecular weight excluding hydrogens is 338 g/mol. The Balaban J connectivity index is 1.83. The van der Waals surface area contributed by atoms with Crippen molar-refractivity contribution in [3.8, 4) is 0 Å². The maximum Gasteiger partial charge on any atom is 0.272 e. The quantitative estimate of drug-likeness (QED) is 0.633. The van der Waals surface area contributed by atoms with Gasteiger partial charge in [-0.1, -0.05) is 36.4 Å². The zero-order valence-electron chi connectivity index (χ0n) is 13.3. The third kappa shape index (κ3) is 3.67. The summed E-state index contributed by atoms with van der Waals surface area (Å²) < 4.78 is 0. The van der Waals surface area contributed by atoms with Gasteiger partial charge in [0.05, 0.1) is 5.56 Å². The number of hydrazine groups is 1. The highest BCUT2D eigenvalue weighted by Gasteiger charge is 2.17. The third-order valence-electron chi connectivity index (χ3n) is 3.52. The van der Waals surface area contributed by atoms with Crippen LogP contribution in [0, 0.1) is 0 Å². The molecule has 0 unspecified atom stereocenters. The zero-order chi connectivity index (χ0) is 17.8. The first kappa shape index (κ1) is 16.7. The van der Waals surface area contributed by atoms with Crippen molar-refractivity contribution in [3.63, 3.8) is 0 Å². The van der Waals surface area contributed by atoms with Crippen LogP contribution in [0.2, 0.25) is 0 Å². The minimum absolute atomic E-state index is 0.285. The first-order chi connectivity index (χ1) is 12.1. The first-order valence-electron chi connectivity index (χ1n) is 7.50. The fraction of sp³-hybridized carbons (Fsp3) is 0.0556. The standard InChI is InChI=1S/C18H15N3O3S/c1-11(22)20-21-17(24)15-9-10-25-18(15)19-16(23)14-8-4-6-12-5-2-3-7-13(12)14/h2-10H,1H3,(H,19,23)(H,20,22)(H,21,24). The Hall–Kier alpha value is -3.19. The Bertz CT molecular complexity index is 960. The molecule has 1 aromatic heterocycles. The number of anilines is 1. The molecule has 0 aliphatic carbocycles. The second-order valence-electron chi connectivity index (χ2n) is 5.28. The number of carbonyl (C=O) groups excluding carboxylic acids is 3. The molecule has 0 radical (unpaired) electrons. The fourth-order valence-electron chi connectivity index (χ4n) is 2.39. The van der Waals surface area contributed by atoms with Gasteiger partial charge in [0.25, 0.3) is 11.8 Å². The molecule has 1 heterocycles. The number of hydrogen-bond acceptors (Lipinski definition) is 4. The summed E-state index contributed by atoms with van der Waals surface area (Å²) in [5.74, 6) is -1.18. The molecule has 3 rings (SSSR count). The summed E-state index contributed by atoms with van der Waals surface area (Å²) in [6, 6.07) is 14.7. The van der Waals surface area contributed by atoms with Gasteiger partial charge in [-0.2, -0.15) is 0 Å². The summed E-state index contributed by atoms with van der Waals surface area (Å²) in [5, 5.41) is 6.69. The van der Waals surface area contributed by atoms with Gasteiger partial charge in [0.1, 0.15) is 5.00 Å². The summed E-state index contributed by atoms with van der Waals surface area (Å²) >= 11 is 1.24. The number of thiophene rings is 1. The molecule has 25 heavy (non-hydrogen) atoms. The summed E-state index contributed by atoms with van der Waals surface area (Å²) in [4.78, 5) is 35.6. The smallest absolute Gasteiger partial charge is 0.272 e. The van der Waals surface area contributed by atoms with Crippen molar-refractivity contribution < 1.29 is 14.4 Å². The predicted octanol–water partition coefficient (Wildman–Crippen LogP) is 2.93. The van der Waals surface area contributed by atoms with Crippen LogP contribution in [0.25, 0.3) is 10.8 Å². The lowest BCUT2D eigenvalue weighted by Crippen LogP contribution is -2.40. The van der Waals surface area contributed by atoms with Gasteiger partial charge in [0, 0.05) is 12.5 Å². The van der Waals surface area contributed by atoms with Crippen LogP contribution in [-0.2, 0) is 4.79 Å². The van der Waals surface area contributed by atoms with E-state index in [1.54, 1.807) is 17.5 Å². The van der Waals surface area contributed by atoms with Gasteiger partial charge in [0.2, 0.25) is 5.91 Å². The normalized spacial score (nSPS) is 10.3. The van der Waals surface area contributed by atoms with E-state index in [0.29, 0.717) is 10.6 Å². The lowest BCUT2D eigenvalue weighted by Gasteiger charge is -2.09. The maximum atomic E-state index is 12.7. The largest absolute Gasteiger partial charge is 0.313 e. The molecule has 7 heteroatoms. The van der Waals surface area contributed by atoms with Gasteiger partial charge < -0.3 is 5.32 Å². The lowest BCUT2D eigenvalue weighted by atomic mass is 10.0. The highest BCUT2D eigenvalue weighted by atomic mass is 32.1. The zero-order valence-corrected chi connectivity index (χ0v) is 14.1. The number of amides is 3. The minimum atomic E-state index is -0.496. The molecule has 126 valence electrons. The second kappa shape index (κ2) is 7.14. The monoisotopic (exact) mass is 353 g/mol. The van der Waals surface area contributed by atoms with Crippen molar-refractivity contribution in [3.05, 3.63) is 65.0 Å². The number of carbonyl (C=O) groups is 3. The SMILES string of the molecule is CC(=O)NNC(=O)c1ccsc1NC(=O)c1cccc2ccccc12. The van der Waals surface area contributed by atoms with Crippen molar-refractivity contribution >= 4 is 44.8 Å². The molecule has 0 fully saturated rings. The Morgan fingerprint density at radius 3 is 2.40 bits per heavy atom. The lowest BCUT2D eigenvalue weighted by molar-refractivity contribution is -0.119. The maximum absolute atomic E-state index is 12.7. The molecule has 3 aromatic rings. The number of nitrogens with one attached hydrogen (secondary N) is 3. The first-order valence-corrected chi connectivity index (χ1v) is 8.38. The number of rotatable bonds is 3. The van der Waals surface area contributed by atoms with E-state index in [4.69, 9.17) is 0 Å². The Labute approximate surface area is 147 Å². The van der Waals surface area contributed by atoms with Gasteiger partial charge in [-0.3, -0.25) is 25.2 Å². The molecule has 3 N–H and O–H groups in total. The van der Waals surface area contributed by atoms with Crippen LogP contribution in [0.3, 0.4) is 0 Å². The number of benzene rings is 2. The summed E-state index contributed by atoms with van der Waals surface area (Å²) in [7, 11) is 0. The van der Waals surface area contributed by atoms with Crippen molar-refractivity contribution in [1.82, 2.24) is 10.9 Å². The Morgan fingerprint density at radius 1 is 0.840 bits per heavy atom. The molecule has 0 aliphatic heterocycles. The highest BCUT2D eigenvalue weighted by Crippen LogP contribution is 2.25. The van der Waals surface area contributed by atoms with E-state index in [1.807, 2.05) is 36.4 Å². The summed E-state index contributed by atoms with van der Waals surface area (Å²) in [6.45, 7) is 1.29. The van der Waals surface area contributed by atoms with Crippen molar-refractivity contribution in [2.45, 2.75) is 6.92 Å². The Kier molecular flexibility index (Phi) is 4.76. The van der Waals surface area contributed by atoms with Crippen LogP contribution < -0.4 is 16.2 Å². The van der Waals surface area contributed by atoms with Crippen LogP contribution in [-0.4, -0.2) is 17.7 Å². The molecule has 0 atom stereocenters. The van der Waals surface area contributed by atoms with Crippen LogP contribution in [0.15, 0.2) is 53.9 Å². The van der Waals surface area contributed by atoms with E-state index in [0.717, 1.165) is 10.8 Å². The average molecular weight is 353 g/mol. The van der Waals surface area contributed by atoms with Crippen molar-refractivity contribution in [2.24, 2.45) is 0 Å². The minimum Gasteiger partial charge on any atom is -0.313 e. The summed E-state index contributed by atoms with van der Waals surface area (Å²) in [5.41, 5.74) is 5.32. The van der Waals surface area contributed by atoms with E-state index in [9.17, 15) is 14.4 Å². The second-order valence-corrected chi connectivity index (χ2v) is 6.20. The molecule has 0 aliphatic rings. The van der Waals surface area contributed by atoms with E-state index in [1.165, 1.54) is 18.3 Å². The molecule has 0 spiro atoms. The molecule has 0 saturated heterocycles. The molecule has 3 amide bonds. The topological polar surface area (TPSA) is 87.3 Å². The fourth-order valence-corrected chi connectivity index (χ4v) is 3.17. The van der Waals surface area contributed by atoms with Crippen LogP contribution in [0.1, 0.15) is 27.6 Å². The van der Waals surface area contributed by atoms with Crippen LogP contribution in [0.5, 0.6) is 0 Å². The van der Waals surface area contributed by atoms with E-state index < -0.39 is 5.91 Å². The number of hydrogen-bond donors (Lipinski definition) is 3. The van der Waals surface area contributed by atoms with Gasteiger partial charge in [-0.15, -0.1) is 11.3 Å². The van der Waals surface area contributed by atoms with Crippen molar-refractivity contribution in [2.75, 3.05) is 5.32 Å². The molecular formula is C18H15N3O3S. The van der Waals surface area contributed by atoms with Crippen molar-refractivity contribution in [1.29, 1.82) is 0 Å². The highest BCUT2D eigenvalue weighted by molar-refractivity contribution is 7.14. The molecule has 6 nitrogen and oxygen atoms in total. The molecule has 0 bridgehead atoms. The Morgan fingerprint density at radius 2 is 1.60 bits per heavy atom. The van der Waals surface area contributed by atoms with E-state index in [-0.39, 0.29) is 17.4 Å². The van der Waals surface area contributed by atoms with Gasteiger partial charge in [-0.25, -0.2) is 0 Å². The predicted molar refractivity (Wildman–Crippen MR) is 97.5 cm³/mol. The molecule has 2 aromatic carbocycles. The van der Waals surface area contributed by atoms with Crippen LogP contribution in [0.4, 0.5) is 5.00 Å². The molecule has 0 saturated carbocycles. The van der Waals surface area contributed by atoms with E-state index >= 15 is 0 Å².